The predicted molar refractivity (Wildman–Crippen MR) is 70.5 cm³/mol. The third-order valence-electron chi connectivity index (χ3n) is 3.42. The third-order valence-corrected chi connectivity index (χ3v) is 3.42. The summed E-state index contributed by atoms with van der Waals surface area (Å²) in [5.41, 5.74) is 0. The monoisotopic (exact) mass is 236 g/mol. The first-order valence-corrected chi connectivity index (χ1v) is 6.63. The number of amides is 1. The number of carbonyl (C=O) groups excluding carboxylic acids is 1. The van der Waals surface area contributed by atoms with Crippen molar-refractivity contribution in [1.29, 1.82) is 0 Å². The van der Waals surface area contributed by atoms with Gasteiger partial charge in [0, 0.05) is 25.9 Å². The molecular formula is C14H24N2O. The van der Waals surface area contributed by atoms with Crippen molar-refractivity contribution in [1.82, 2.24) is 10.2 Å². The van der Waals surface area contributed by atoms with Gasteiger partial charge in [-0.1, -0.05) is 0 Å². The standard InChI is InChI=1S/C14H24N2O/c1-3-4-5-6-7-14(17)16-10-8-13(9-11-16)12-15-2/h1,13,15H,4-12H2,2H3. The highest BCUT2D eigenvalue weighted by Gasteiger charge is 2.21. The molecular weight excluding hydrogens is 212 g/mol. The Morgan fingerprint density at radius 3 is 2.71 bits per heavy atom. The molecule has 1 heterocycles. The van der Waals surface area contributed by atoms with Crippen molar-refractivity contribution in [3.63, 3.8) is 0 Å². The van der Waals surface area contributed by atoms with E-state index in [0.717, 1.165) is 57.7 Å². The number of carbonyl (C=O) groups is 1. The van der Waals surface area contributed by atoms with Gasteiger partial charge in [0.05, 0.1) is 0 Å². The van der Waals surface area contributed by atoms with Gasteiger partial charge in [0.2, 0.25) is 5.91 Å². The lowest BCUT2D eigenvalue weighted by Gasteiger charge is -2.32. The minimum absolute atomic E-state index is 0.310. The van der Waals surface area contributed by atoms with Crippen LogP contribution in [0.2, 0.25) is 0 Å². The maximum absolute atomic E-state index is 11.9. The zero-order valence-corrected chi connectivity index (χ0v) is 10.9. The highest BCUT2D eigenvalue weighted by Crippen LogP contribution is 2.17. The Balaban J connectivity index is 2.15. The van der Waals surface area contributed by atoms with Gasteiger partial charge in [0.15, 0.2) is 0 Å². The molecule has 0 aromatic rings. The molecule has 0 spiro atoms. The predicted octanol–water partition coefficient (Wildman–Crippen LogP) is 1.64. The average Bonchev–Trinajstić information content (AvgIpc) is 2.36. The first-order valence-electron chi connectivity index (χ1n) is 6.63. The topological polar surface area (TPSA) is 32.3 Å². The lowest BCUT2D eigenvalue weighted by molar-refractivity contribution is -0.132. The molecule has 0 aromatic carbocycles. The lowest BCUT2D eigenvalue weighted by Crippen LogP contribution is -2.40. The summed E-state index contributed by atoms with van der Waals surface area (Å²) in [7, 11) is 1.99. The van der Waals surface area contributed by atoms with Crippen LogP contribution in [0, 0.1) is 18.3 Å². The van der Waals surface area contributed by atoms with Crippen LogP contribution in [0.4, 0.5) is 0 Å². The zero-order valence-electron chi connectivity index (χ0n) is 10.9. The number of terminal acetylenes is 1. The highest BCUT2D eigenvalue weighted by atomic mass is 16.2. The summed E-state index contributed by atoms with van der Waals surface area (Å²) >= 11 is 0. The number of unbranched alkanes of at least 4 members (excludes halogenated alkanes) is 2. The van der Waals surface area contributed by atoms with Gasteiger partial charge in [-0.05, 0) is 45.2 Å². The van der Waals surface area contributed by atoms with Gasteiger partial charge in [-0.25, -0.2) is 0 Å². The summed E-state index contributed by atoms with van der Waals surface area (Å²) in [6.07, 6.45) is 10.8. The van der Waals surface area contributed by atoms with Crippen LogP contribution >= 0.6 is 0 Å². The molecule has 1 rings (SSSR count). The Bertz CT molecular complexity index is 262. The number of nitrogens with one attached hydrogen (secondary N) is 1. The molecule has 0 unspecified atom stereocenters. The van der Waals surface area contributed by atoms with E-state index in [1.165, 1.54) is 0 Å². The number of piperidine rings is 1. The highest BCUT2D eigenvalue weighted by molar-refractivity contribution is 5.76. The SMILES string of the molecule is C#CCCCCC(=O)N1CCC(CNC)CC1. The molecule has 0 radical (unpaired) electrons. The molecule has 3 heteroatoms. The van der Waals surface area contributed by atoms with Crippen LogP contribution < -0.4 is 5.32 Å². The summed E-state index contributed by atoms with van der Waals surface area (Å²) < 4.78 is 0. The molecule has 1 fully saturated rings. The van der Waals surface area contributed by atoms with Crippen LogP contribution in [0.15, 0.2) is 0 Å². The fourth-order valence-corrected chi connectivity index (χ4v) is 2.34. The van der Waals surface area contributed by atoms with Gasteiger partial charge in [-0.3, -0.25) is 4.79 Å². The maximum atomic E-state index is 11.9. The summed E-state index contributed by atoms with van der Waals surface area (Å²) in [5.74, 6) is 3.66. The van der Waals surface area contributed by atoms with E-state index in [-0.39, 0.29) is 0 Å². The first kappa shape index (κ1) is 14.1. The van der Waals surface area contributed by atoms with Gasteiger partial charge in [-0.2, -0.15) is 0 Å². The molecule has 1 aliphatic heterocycles. The van der Waals surface area contributed by atoms with Crippen LogP contribution in [0.25, 0.3) is 0 Å². The summed E-state index contributed by atoms with van der Waals surface area (Å²) in [6, 6.07) is 0. The molecule has 3 nitrogen and oxygen atoms in total. The maximum Gasteiger partial charge on any atom is 0.222 e. The minimum atomic E-state index is 0.310. The first-order chi connectivity index (χ1) is 8.27. The van der Waals surface area contributed by atoms with Gasteiger partial charge < -0.3 is 10.2 Å². The van der Waals surface area contributed by atoms with Crippen molar-refractivity contribution in [2.45, 2.75) is 38.5 Å². The van der Waals surface area contributed by atoms with E-state index in [9.17, 15) is 4.79 Å². The molecule has 1 amide bonds. The van der Waals surface area contributed by atoms with Gasteiger partial charge in [0.25, 0.3) is 0 Å². The molecule has 17 heavy (non-hydrogen) atoms. The zero-order chi connectivity index (χ0) is 12.5. The Morgan fingerprint density at radius 2 is 2.12 bits per heavy atom. The molecule has 0 aromatic heterocycles. The van der Waals surface area contributed by atoms with E-state index in [4.69, 9.17) is 6.42 Å². The Hall–Kier alpha value is -1.01. The second-order valence-electron chi connectivity index (χ2n) is 4.79. The van der Waals surface area contributed by atoms with E-state index in [2.05, 4.69) is 11.2 Å². The van der Waals surface area contributed by atoms with E-state index < -0.39 is 0 Å². The molecule has 0 aliphatic carbocycles. The molecule has 0 saturated carbocycles. The average molecular weight is 236 g/mol. The van der Waals surface area contributed by atoms with Crippen molar-refractivity contribution >= 4 is 5.91 Å². The van der Waals surface area contributed by atoms with E-state index >= 15 is 0 Å². The Morgan fingerprint density at radius 1 is 1.41 bits per heavy atom. The molecule has 1 N–H and O–H groups in total. The number of likely N-dealkylation sites (tertiary alicyclic amines) is 1. The van der Waals surface area contributed by atoms with Crippen molar-refractivity contribution < 1.29 is 4.79 Å². The number of rotatable bonds is 6. The van der Waals surface area contributed by atoms with E-state index in [1.807, 2.05) is 11.9 Å². The van der Waals surface area contributed by atoms with Gasteiger partial charge in [0.1, 0.15) is 0 Å². The lowest BCUT2D eigenvalue weighted by atomic mass is 9.96. The summed E-state index contributed by atoms with van der Waals surface area (Å²) in [5, 5.41) is 3.21. The normalized spacial score (nSPS) is 16.8. The van der Waals surface area contributed by atoms with Crippen molar-refractivity contribution in [3.05, 3.63) is 0 Å². The van der Waals surface area contributed by atoms with Gasteiger partial charge in [-0.15, -0.1) is 12.3 Å². The van der Waals surface area contributed by atoms with Gasteiger partial charge >= 0.3 is 0 Å². The third kappa shape index (κ3) is 5.23. The Kier molecular flexibility index (Phi) is 6.73. The number of hydrogen-bond acceptors (Lipinski definition) is 2. The second kappa shape index (κ2) is 8.14. The fourth-order valence-electron chi connectivity index (χ4n) is 2.34. The molecule has 1 aliphatic rings. The van der Waals surface area contributed by atoms with E-state index in [0.29, 0.717) is 12.3 Å². The Labute approximate surface area is 105 Å². The quantitative estimate of drug-likeness (QED) is 0.561. The van der Waals surface area contributed by atoms with Crippen molar-refractivity contribution in [2.24, 2.45) is 5.92 Å². The van der Waals surface area contributed by atoms with Crippen LogP contribution in [-0.4, -0.2) is 37.5 Å². The van der Waals surface area contributed by atoms with Crippen LogP contribution in [0.3, 0.4) is 0 Å². The smallest absolute Gasteiger partial charge is 0.222 e. The molecule has 96 valence electrons. The molecule has 0 atom stereocenters. The van der Waals surface area contributed by atoms with Crippen LogP contribution in [0.1, 0.15) is 38.5 Å². The number of hydrogen-bond donors (Lipinski definition) is 1. The largest absolute Gasteiger partial charge is 0.343 e. The minimum Gasteiger partial charge on any atom is -0.343 e. The van der Waals surface area contributed by atoms with Crippen LogP contribution in [0.5, 0.6) is 0 Å². The second-order valence-corrected chi connectivity index (χ2v) is 4.79. The van der Waals surface area contributed by atoms with Crippen molar-refractivity contribution in [2.75, 3.05) is 26.7 Å². The fraction of sp³-hybridized carbons (Fsp3) is 0.786. The van der Waals surface area contributed by atoms with Crippen LogP contribution in [-0.2, 0) is 4.79 Å². The molecule has 1 saturated heterocycles. The summed E-state index contributed by atoms with van der Waals surface area (Å²) in [6.45, 7) is 2.94. The number of nitrogens with zero attached hydrogens (tertiary/aromatic N) is 1. The molecule has 0 bridgehead atoms. The van der Waals surface area contributed by atoms with E-state index in [1.54, 1.807) is 0 Å². The summed E-state index contributed by atoms with van der Waals surface area (Å²) in [4.78, 5) is 13.9. The van der Waals surface area contributed by atoms with Crippen molar-refractivity contribution in [3.8, 4) is 12.3 Å².